The number of fused-ring (bicyclic) bond motifs is 2. The molecule has 6 fully saturated rings. The smallest absolute Gasteiger partial charge is 0.317 e. The maximum absolute atomic E-state index is 15.6. The average Bonchev–Trinajstić information content (AvgIpc) is 3.82. The minimum Gasteiger partial charge on any atom is -0.339 e. The minimum absolute atomic E-state index is 0.177. The Morgan fingerprint density at radius 1 is 1.07 bits per heavy atom. The van der Waals surface area contributed by atoms with Crippen molar-refractivity contribution in [2.75, 3.05) is 26.7 Å². The van der Waals surface area contributed by atoms with Crippen molar-refractivity contribution >= 4 is 6.03 Å². The Labute approximate surface area is 240 Å². The summed E-state index contributed by atoms with van der Waals surface area (Å²) in [5, 5.41) is 6.98. The molecule has 3 saturated heterocycles. The fourth-order valence-electron chi connectivity index (χ4n) is 8.32. The molecule has 4 heterocycles. The van der Waals surface area contributed by atoms with Crippen molar-refractivity contribution in [2.45, 2.75) is 138 Å². The molecule has 228 valence electrons. The molecule has 7 rings (SSSR count). The number of carbonyl (C=O) groups excluding carboxylic acids is 1. The van der Waals surface area contributed by atoms with Gasteiger partial charge in [0.1, 0.15) is 12.2 Å². The number of carbonyl (C=O) groups is 1. The van der Waals surface area contributed by atoms with Gasteiger partial charge in [0.05, 0.1) is 5.92 Å². The van der Waals surface area contributed by atoms with Gasteiger partial charge < -0.3 is 19.6 Å². The quantitative estimate of drug-likeness (QED) is 0.499. The van der Waals surface area contributed by atoms with Crippen LogP contribution >= 0.6 is 0 Å². The second-order valence-corrected chi connectivity index (χ2v) is 14.4. The highest BCUT2D eigenvalue weighted by molar-refractivity contribution is 5.75. The Balaban J connectivity index is 0.994. The van der Waals surface area contributed by atoms with Gasteiger partial charge in [0.15, 0.2) is 5.82 Å². The first-order valence-electron chi connectivity index (χ1n) is 16.0. The lowest BCUT2D eigenvalue weighted by Gasteiger charge is -2.51. The highest BCUT2D eigenvalue weighted by Gasteiger charge is 2.55. The molecule has 1 aromatic heterocycles. The van der Waals surface area contributed by atoms with Crippen molar-refractivity contribution in [1.82, 2.24) is 30.2 Å². The van der Waals surface area contributed by atoms with E-state index in [9.17, 15) is 9.18 Å². The molecule has 2 bridgehead atoms. The van der Waals surface area contributed by atoms with Crippen LogP contribution in [0, 0.1) is 5.92 Å². The topological polar surface area (TPSA) is 77.7 Å². The zero-order valence-corrected chi connectivity index (χ0v) is 24.4. The summed E-state index contributed by atoms with van der Waals surface area (Å²) in [5.74, 6) is -1.48. The molecule has 6 aliphatic rings. The molecule has 0 spiro atoms. The van der Waals surface area contributed by atoms with Gasteiger partial charge in [0.2, 0.25) is 5.89 Å². The monoisotopic (exact) mass is 578 g/mol. The number of urea groups is 1. The van der Waals surface area contributed by atoms with Gasteiger partial charge in [-0.25, -0.2) is 18.0 Å². The van der Waals surface area contributed by atoms with E-state index in [0.717, 1.165) is 38.1 Å². The van der Waals surface area contributed by atoms with Crippen molar-refractivity contribution in [3.63, 3.8) is 0 Å². The maximum Gasteiger partial charge on any atom is 0.317 e. The van der Waals surface area contributed by atoms with Crippen LogP contribution in [0.5, 0.6) is 0 Å². The van der Waals surface area contributed by atoms with Gasteiger partial charge in [-0.3, -0.25) is 4.90 Å². The third kappa shape index (κ3) is 5.38. The second kappa shape index (κ2) is 10.4. The van der Waals surface area contributed by atoms with E-state index in [1.54, 1.807) is 4.90 Å². The summed E-state index contributed by atoms with van der Waals surface area (Å²) in [6.07, 6.45) is 8.62. The Kier molecular flexibility index (Phi) is 7.07. The Bertz CT molecular complexity index is 1110. The molecule has 3 saturated carbocycles. The number of likely N-dealkylation sites (tertiary alicyclic amines) is 1. The first-order valence-corrected chi connectivity index (χ1v) is 16.0. The zero-order chi connectivity index (χ0) is 28.5. The summed E-state index contributed by atoms with van der Waals surface area (Å²) in [4.78, 5) is 24.5. The third-order valence-corrected chi connectivity index (χ3v) is 11.3. The molecular weight excluding hydrogens is 533 g/mol. The lowest BCUT2D eigenvalue weighted by atomic mass is 9.79. The van der Waals surface area contributed by atoms with Crippen LogP contribution in [0.4, 0.5) is 18.0 Å². The van der Waals surface area contributed by atoms with Crippen LogP contribution < -0.4 is 5.32 Å². The Hall–Kier alpha value is -1.88. The predicted molar refractivity (Wildman–Crippen MR) is 147 cm³/mol. The highest BCUT2D eigenvalue weighted by atomic mass is 19.3. The summed E-state index contributed by atoms with van der Waals surface area (Å²) in [5.41, 5.74) is -0.396. The van der Waals surface area contributed by atoms with Crippen LogP contribution in [0.3, 0.4) is 0 Å². The number of alkyl halides is 3. The van der Waals surface area contributed by atoms with E-state index in [0.29, 0.717) is 75.0 Å². The number of nitrogens with zero attached hydrogens (tertiary/aromatic N) is 5. The first-order chi connectivity index (χ1) is 19.6. The van der Waals surface area contributed by atoms with Crippen molar-refractivity contribution in [2.24, 2.45) is 5.92 Å². The van der Waals surface area contributed by atoms with Gasteiger partial charge in [-0.1, -0.05) is 12.1 Å². The molecule has 0 aromatic carbocycles. The number of hydrogen-bond donors (Lipinski definition) is 1. The van der Waals surface area contributed by atoms with Crippen LogP contribution in [0.25, 0.3) is 0 Å². The molecule has 1 N–H and O–H groups in total. The van der Waals surface area contributed by atoms with Crippen LogP contribution in [-0.4, -0.2) is 99.9 Å². The van der Waals surface area contributed by atoms with Gasteiger partial charge in [-0.05, 0) is 83.6 Å². The normalized spacial score (nSPS) is 38.3. The molecular formula is C30H45F3N6O2. The second-order valence-electron chi connectivity index (χ2n) is 14.4. The molecule has 41 heavy (non-hydrogen) atoms. The van der Waals surface area contributed by atoms with Crippen LogP contribution in [0.15, 0.2) is 4.52 Å². The van der Waals surface area contributed by atoms with Crippen LogP contribution in [-0.2, 0) is 5.41 Å². The predicted octanol–water partition coefficient (Wildman–Crippen LogP) is 4.85. The number of nitrogens with one attached hydrogen (secondary N) is 1. The standard InChI is InChI=1S/C30H45F3N6O2/c1-29(27-35-26(41-36-27)22-16-23(22)31)10-12-38(13-11-29)28(40)34-25-24(4-3-9-30(25,32)33)39-19-7-8-20(39)15-21(14-19)37(2)17-18-5-6-18/h18-25H,3-17H2,1-2H3,(H,34,40)/t19-,20+,21-,22-,23+,24+,25-/m1/s1. The molecule has 8 nitrogen and oxygen atoms in total. The number of halogens is 3. The van der Waals surface area contributed by atoms with Gasteiger partial charge in [0, 0.05) is 55.6 Å². The van der Waals surface area contributed by atoms with Crippen molar-refractivity contribution in [3.8, 4) is 0 Å². The Morgan fingerprint density at radius 2 is 1.76 bits per heavy atom. The van der Waals surface area contributed by atoms with E-state index >= 15 is 8.78 Å². The molecule has 2 amide bonds. The molecule has 7 atom stereocenters. The number of piperidine rings is 2. The average molecular weight is 579 g/mol. The largest absolute Gasteiger partial charge is 0.339 e. The molecule has 0 radical (unpaired) electrons. The summed E-state index contributed by atoms with van der Waals surface area (Å²) in [6.45, 7) is 4.04. The van der Waals surface area contributed by atoms with Crippen molar-refractivity contribution in [1.29, 1.82) is 0 Å². The number of amides is 2. The summed E-state index contributed by atoms with van der Waals surface area (Å²) < 4.78 is 49.9. The third-order valence-electron chi connectivity index (χ3n) is 11.3. The van der Waals surface area contributed by atoms with Crippen molar-refractivity contribution in [3.05, 3.63) is 11.7 Å². The first kappa shape index (κ1) is 27.9. The van der Waals surface area contributed by atoms with Crippen molar-refractivity contribution < 1.29 is 22.5 Å². The van der Waals surface area contributed by atoms with Crippen LogP contribution in [0.1, 0.15) is 102 Å². The number of aromatic nitrogens is 2. The highest BCUT2D eigenvalue weighted by Crippen LogP contribution is 2.46. The van der Waals surface area contributed by atoms with E-state index < -0.39 is 29.6 Å². The van der Waals surface area contributed by atoms with Gasteiger partial charge in [-0.15, -0.1) is 0 Å². The van der Waals surface area contributed by atoms with E-state index in [-0.39, 0.29) is 18.4 Å². The van der Waals surface area contributed by atoms with Gasteiger partial charge in [0.25, 0.3) is 5.92 Å². The lowest BCUT2D eigenvalue weighted by molar-refractivity contribution is -0.106. The van der Waals surface area contributed by atoms with Gasteiger partial charge in [-0.2, -0.15) is 4.98 Å². The zero-order valence-electron chi connectivity index (χ0n) is 24.4. The maximum atomic E-state index is 15.6. The van der Waals surface area contributed by atoms with Crippen LogP contribution in [0.2, 0.25) is 0 Å². The van der Waals surface area contributed by atoms with E-state index in [1.807, 2.05) is 6.92 Å². The number of hydrogen-bond acceptors (Lipinski definition) is 6. The fraction of sp³-hybridized carbons (Fsp3) is 0.900. The van der Waals surface area contributed by atoms with Gasteiger partial charge >= 0.3 is 6.03 Å². The fourth-order valence-corrected chi connectivity index (χ4v) is 8.32. The van der Waals surface area contributed by atoms with E-state index in [2.05, 4.69) is 32.3 Å². The molecule has 11 heteroatoms. The minimum atomic E-state index is -2.93. The van der Waals surface area contributed by atoms with E-state index in [4.69, 9.17) is 4.52 Å². The molecule has 0 unspecified atom stereocenters. The SMILES string of the molecule is CN(CC1CC1)[C@@H]1C[C@H]2CC[C@@H](C1)N2[C@H]1CCCC(F)(F)[C@@H]1NC(=O)N1CCC(C)(c2noc([C@@H]3C[C@@H]3F)n2)CC1. The molecule has 3 aliphatic carbocycles. The summed E-state index contributed by atoms with van der Waals surface area (Å²) in [6, 6.07) is -0.739. The summed E-state index contributed by atoms with van der Waals surface area (Å²) in [7, 11) is 2.24. The van der Waals surface area contributed by atoms with E-state index in [1.165, 1.54) is 12.8 Å². The molecule has 1 aromatic rings. The molecule has 3 aliphatic heterocycles. The number of rotatable bonds is 7. The lowest BCUT2D eigenvalue weighted by Crippen LogP contribution is -2.67. The summed E-state index contributed by atoms with van der Waals surface area (Å²) >= 11 is 0. The Morgan fingerprint density at radius 3 is 2.39 bits per heavy atom.